The number of aromatic nitrogens is 1. The molecule has 0 spiro atoms. The number of hydrogen-bond acceptors (Lipinski definition) is 4. The Morgan fingerprint density at radius 2 is 1.79 bits per heavy atom. The maximum Gasteiger partial charge on any atom is 0.251 e. The van der Waals surface area contributed by atoms with E-state index < -0.39 is 17.8 Å². The van der Waals surface area contributed by atoms with Crippen molar-refractivity contribution in [3.8, 4) is 0 Å². The van der Waals surface area contributed by atoms with Crippen LogP contribution in [0, 0.1) is 11.7 Å². The number of hydrogen-bond donors (Lipinski definition) is 2. The molecule has 1 aliphatic heterocycles. The van der Waals surface area contributed by atoms with Crippen LogP contribution >= 0.6 is 0 Å². The number of carbonyl (C=O) groups is 2. The average Bonchev–Trinajstić information content (AvgIpc) is 3.25. The van der Waals surface area contributed by atoms with Crippen LogP contribution in [0.2, 0.25) is 0 Å². The molecule has 0 aliphatic carbocycles. The molecule has 1 saturated heterocycles. The predicted molar refractivity (Wildman–Crippen MR) is 110 cm³/mol. The minimum absolute atomic E-state index is 0.102. The van der Waals surface area contributed by atoms with Crippen LogP contribution in [0.1, 0.15) is 42.6 Å². The third kappa shape index (κ3) is 5.53. The Bertz CT molecular complexity index is 831. The highest BCUT2D eigenvalue weighted by molar-refractivity contribution is 5.97. The summed E-state index contributed by atoms with van der Waals surface area (Å²) in [7, 11) is 0. The van der Waals surface area contributed by atoms with Crippen LogP contribution in [0.25, 0.3) is 0 Å². The second-order valence-corrected chi connectivity index (χ2v) is 7.64. The van der Waals surface area contributed by atoms with Gasteiger partial charge in [-0.25, -0.2) is 9.37 Å². The molecule has 2 heterocycles. The van der Waals surface area contributed by atoms with Gasteiger partial charge in [-0.2, -0.15) is 0 Å². The molecule has 0 radical (unpaired) electrons. The Kier molecular flexibility index (Phi) is 6.80. The fourth-order valence-corrected chi connectivity index (χ4v) is 3.31. The summed E-state index contributed by atoms with van der Waals surface area (Å²) in [5.41, 5.74) is 1.21. The van der Waals surface area contributed by atoms with Crippen molar-refractivity contribution >= 4 is 17.6 Å². The average molecular weight is 398 g/mol. The summed E-state index contributed by atoms with van der Waals surface area (Å²) in [6, 6.07) is 8.48. The molecule has 6 nitrogen and oxygen atoms in total. The maximum atomic E-state index is 13.0. The van der Waals surface area contributed by atoms with Crippen molar-refractivity contribution in [3.05, 3.63) is 59.5 Å². The molecule has 2 aromatic rings. The van der Waals surface area contributed by atoms with Crippen LogP contribution in [0.4, 0.5) is 10.2 Å². The number of anilines is 1. The first-order chi connectivity index (χ1) is 13.9. The molecule has 1 fully saturated rings. The van der Waals surface area contributed by atoms with Gasteiger partial charge in [0.1, 0.15) is 17.7 Å². The van der Waals surface area contributed by atoms with Gasteiger partial charge < -0.3 is 15.5 Å². The molecule has 3 rings (SSSR count). The fourth-order valence-electron chi connectivity index (χ4n) is 3.31. The normalized spacial score (nSPS) is 14.7. The van der Waals surface area contributed by atoms with Gasteiger partial charge in [0, 0.05) is 31.4 Å². The number of amides is 2. The lowest BCUT2D eigenvalue weighted by atomic mass is 10.0. The Balaban J connectivity index is 1.56. The van der Waals surface area contributed by atoms with E-state index in [9.17, 15) is 14.0 Å². The first-order valence-electron chi connectivity index (χ1n) is 9.98. The van der Waals surface area contributed by atoms with Crippen molar-refractivity contribution < 1.29 is 14.0 Å². The van der Waals surface area contributed by atoms with Crippen LogP contribution in [-0.4, -0.2) is 35.9 Å². The number of halogens is 1. The minimum Gasteiger partial charge on any atom is -0.357 e. The number of nitrogens with zero attached hydrogens (tertiary/aromatic N) is 2. The van der Waals surface area contributed by atoms with E-state index in [4.69, 9.17) is 0 Å². The topological polar surface area (TPSA) is 74.3 Å². The van der Waals surface area contributed by atoms with Crippen molar-refractivity contribution in [3.63, 3.8) is 0 Å². The van der Waals surface area contributed by atoms with Gasteiger partial charge in [0.2, 0.25) is 5.91 Å². The van der Waals surface area contributed by atoms with Crippen molar-refractivity contribution in [1.82, 2.24) is 15.6 Å². The summed E-state index contributed by atoms with van der Waals surface area (Å²) in [4.78, 5) is 31.8. The Labute approximate surface area is 170 Å². The lowest BCUT2D eigenvalue weighted by Crippen LogP contribution is -2.49. The van der Waals surface area contributed by atoms with Crippen LogP contribution in [0.5, 0.6) is 0 Å². The zero-order chi connectivity index (χ0) is 20.8. The predicted octanol–water partition coefficient (Wildman–Crippen LogP) is 2.89. The van der Waals surface area contributed by atoms with Crippen LogP contribution < -0.4 is 15.5 Å². The molecule has 1 aromatic carbocycles. The van der Waals surface area contributed by atoms with Gasteiger partial charge >= 0.3 is 0 Å². The Morgan fingerprint density at radius 3 is 2.38 bits per heavy atom. The standard InChI is InChI=1S/C22H27FN4O2/c1-15(2)20(26-21(28)17-6-8-18(23)9-7-17)22(29)25-14-16-5-10-19(24-13-16)27-11-3-4-12-27/h5-10,13,15,20H,3-4,11-12,14H2,1-2H3,(H,25,29)(H,26,28). The summed E-state index contributed by atoms with van der Waals surface area (Å²) in [5, 5.41) is 5.61. The van der Waals surface area contributed by atoms with E-state index in [1.807, 2.05) is 26.0 Å². The van der Waals surface area contributed by atoms with Gasteiger partial charge in [0.05, 0.1) is 0 Å². The van der Waals surface area contributed by atoms with E-state index in [1.165, 1.54) is 37.1 Å². The Morgan fingerprint density at radius 1 is 1.10 bits per heavy atom. The van der Waals surface area contributed by atoms with Crippen LogP contribution in [-0.2, 0) is 11.3 Å². The molecule has 1 aromatic heterocycles. The molecule has 2 N–H and O–H groups in total. The molecule has 7 heteroatoms. The summed E-state index contributed by atoms with van der Waals surface area (Å²) < 4.78 is 13.0. The third-order valence-corrected chi connectivity index (χ3v) is 5.05. The quantitative estimate of drug-likeness (QED) is 0.752. The monoisotopic (exact) mass is 398 g/mol. The van der Waals surface area contributed by atoms with E-state index in [2.05, 4.69) is 20.5 Å². The van der Waals surface area contributed by atoms with Gasteiger partial charge in [-0.1, -0.05) is 19.9 Å². The van der Waals surface area contributed by atoms with Crippen LogP contribution in [0.15, 0.2) is 42.6 Å². The van der Waals surface area contributed by atoms with Crippen molar-refractivity contribution in [2.24, 2.45) is 5.92 Å². The fraction of sp³-hybridized carbons (Fsp3) is 0.409. The smallest absolute Gasteiger partial charge is 0.251 e. The summed E-state index contributed by atoms with van der Waals surface area (Å²) >= 11 is 0. The molecule has 1 unspecified atom stereocenters. The highest BCUT2D eigenvalue weighted by Crippen LogP contribution is 2.17. The van der Waals surface area contributed by atoms with Gasteiger partial charge in [-0.15, -0.1) is 0 Å². The van der Waals surface area contributed by atoms with Crippen molar-refractivity contribution in [2.45, 2.75) is 39.3 Å². The molecule has 1 aliphatic rings. The lowest BCUT2D eigenvalue weighted by molar-refractivity contribution is -0.124. The molecule has 0 bridgehead atoms. The number of nitrogens with one attached hydrogen (secondary N) is 2. The largest absolute Gasteiger partial charge is 0.357 e. The highest BCUT2D eigenvalue weighted by atomic mass is 19.1. The Hall–Kier alpha value is -2.96. The zero-order valence-corrected chi connectivity index (χ0v) is 16.8. The number of carbonyl (C=O) groups excluding carboxylic acids is 2. The van der Waals surface area contributed by atoms with Gasteiger partial charge in [0.25, 0.3) is 5.91 Å². The molecule has 0 saturated carbocycles. The SMILES string of the molecule is CC(C)C(NC(=O)c1ccc(F)cc1)C(=O)NCc1ccc(N2CCCC2)nc1. The van der Waals surface area contributed by atoms with E-state index >= 15 is 0 Å². The van der Waals surface area contributed by atoms with Crippen LogP contribution in [0.3, 0.4) is 0 Å². The minimum atomic E-state index is -0.690. The molecule has 29 heavy (non-hydrogen) atoms. The molecule has 154 valence electrons. The van der Waals surface area contributed by atoms with E-state index in [1.54, 1.807) is 6.20 Å². The van der Waals surface area contributed by atoms with E-state index in [0.717, 1.165) is 24.5 Å². The number of rotatable bonds is 7. The second kappa shape index (κ2) is 9.49. The summed E-state index contributed by atoms with van der Waals surface area (Å²) in [5.74, 6) is -0.224. The maximum absolute atomic E-state index is 13.0. The van der Waals surface area contributed by atoms with Crippen molar-refractivity contribution in [1.29, 1.82) is 0 Å². The number of pyridine rings is 1. The van der Waals surface area contributed by atoms with E-state index in [-0.39, 0.29) is 11.8 Å². The first kappa shape index (κ1) is 20.8. The lowest BCUT2D eigenvalue weighted by Gasteiger charge is -2.22. The highest BCUT2D eigenvalue weighted by Gasteiger charge is 2.24. The van der Waals surface area contributed by atoms with Crippen molar-refractivity contribution in [2.75, 3.05) is 18.0 Å². The molecule has 2 amide bonds. The first-order valence-corrected chi connectivity index (χ1v) is 9.98. The zero-order valence-electron chi connectivity index (χ0n) is 16.8. The molecular formula is C22H27FN4O2. The summed E-state index contributed by atoms with van der Waals surface area (Å²) in [6.07, 6.45) is 4.16. The second-order valence-electron chi connectivity index (χ2n) is 7.64. The number of benzene rings is 1. The molecular weight excluding hydrogens is 371 g/mol. The van der Waals surface area contributed by atoms with Gasteiger partial charge in [0.15, 0.2) is 0 Å². The van der Waals surface area contributed by atoms with Gasteiger partial charge in [-0.3, -0.25) is 9.59 Å². The third-order valence-electron chi connectivity index (χ3n) is 5.05. The van der Waals surface area contributed by atoms with Gasteiger partial charge in [-0.05, 0) is 54.7 Å². The van der Waals surface area contributed by atoms with E-state index in [0.29, 0.717) is 12.1 Å². The molecule has 1 atom stereocenters. The summed E-state index contributed by atoms with van der Waals surface area (Å²) in [6.45, 7) is 6.13.